The van der Waals surface area contributed by atoms with Crippen LogP contribution in [0.4, 0.5) is 5.82 Å². The fraction of sp³-hybridized carbons (Fsp3) is 0.667. The van der Waals surface area contributed by atoms with Crippen LogP contribution in [0.3, 0.4) is 0 Å². The Bertz CT molecular complexity index is 344. The third kappa shape index (κ3) is 1.76. The van der Waals surface area contributed by atoms with Crippen molar-refractivity contribution in [3.8, 4) is 0 Å². The monoisotopic (exact) mass is 197 g/mol. The average molecular weight is 197 g/mol. The minimum Gasteiger partial charge on any atom is -0.358 e. The minimum absolute atomic E-state index is 0.142. The van der Waals surface area contributed by atoms with E-state index < -0.39 is 0 Å². The first-order valence-electron chi connectivity index (χ1n) is 4.82. The van der Waals surface area contributed by atoms with Gasteiger partial charge in [-0.2, -0.15) is 0 Å². The van der Waals surface area contributed by atoms with Gasteiger partial charge in [-0.1, -0.05) is 13.8 Å². The molecule has 78 valence electrons. The van der Waals surface area contributed by atoms with E-state index in [4.69, 9.17) is 0 Å². The van der Waals surface area contributed by atoms with E-state index in [1.165, 1.54) is 0 Å². The SMILES string of the molecule is CCCn1c(CC)nc(C)c1[N+](=O)[O-]. The number of aromatic nitrogens is 2. The van der Waals surface area contributed by atoms with E-state index in [0.29, 0.717) is 12.2 Å². The van der Waals surface area contributed by atoms with Gasteiger partial charge in [-0.05, 0) is 18.3 Å². The van der Waals surface area contributed by atoms with Crippen molar-refractivity contribution in [2.75, 3.05) is 0 Å². The summed E-state index contributed by atoms with van der Waals surface area (Å²) >= 11 is 0. The van der Waals surface area contributed by atoms with Crippen LogP contribution in [-0.4, -0.2) is 14.5 Å². The van der Waals surface area contributed by atoms with Crippen LogP contribution >= 0.6 is 0 Å². The van der Waals surface area contributed by atoms with E-state index in [1.54, 1.807) is 11.5 Å². The van der Waals surface area contributed by atoms with Crippen LogP contribution in [0.5, 0.6) is 0 Å². The van der Waals surface area contributed by atoms with Gasteiger partial charge in [0.05, 0.1) is 6.54 Å². The van der Waals surface area contributed by atoms with Crippen molar-refractivity contribution in [3.63, 3.8) is 0 Å². The molecule has 0 saturated heterocycles. The quantitative estimate of drug-likeness (QED) is 0.548. The van der Waals surface area contributed by atoms with Gasteiger partial charge in [-0.3, -0.25) is 0 Å². The molecule has 0 aromatic carbocycles. The van der Waals surface area contributed by atoms with E-state index in [-0.39, 0.29) is 10.7 Å². The van der Waals surface area contributed by atoms with E-state index in [2.05, 4.69) is 4.98 Å². The largest absolute Gasteiger partial charge is 0.358 e. The fourth-order valence-corrected chi connectivity index (χ4v) is 1.58. The number of rotatable bonds is 4. The van der Waals surface area contributed by atoms with Crippen LogP contribution in [0.1, 0.15) is 31.8 Å². The molecule has 5 nitrogen and oxygen atoms in total. The second-order valence-corrected chi connectivity index (χ2v) is 3.20. The molecule has 0 aliphatic carbocycles. The Morgan fingerprint density at radius 1 is 1.50 bits per heavy atom. The van der Waals surface area contributed by atoms with Crippen LogP contribution in [0.25, 0.3) is 0 Å². The molecule has 1 rings (SSSR count). The Hall–Kier alpha value is -1.39. The molecule has 0 spiro atoms. The summed E-state index contributed by atoms with van der Waals surface area (Å²) < 4.78 is 1.70. The molecule has 0 saturated carbocycles. The number of nitrogens with zero attached hydrogens (tertiary/aromatic N) is 3. The van der Waals surface area contributed by atoms with Crippen molar-refractivity contribution in [2.45, 2.75) is 40.2 Å². The minimum atomic E-state index is -0.350. The van der Waals surface area contributed by atoms with E-state index in [9.17, 15) is 10.1 Å². The molecule has 0 fully saturated rings. The second-order valence-electron chi connectivity index (χ2n) is 3.20. The highest BCUT2D eigenvalue weighted by Crippen LogP contribution is 2.20. The zero-order valence-corrected chi connectivity index (χ0v) is 8.78. The molecular formula is C9H15N3O2. The van der Waals surface area contributed by atoms with Crippen molar-refractivity contribution in [1.82, 2.24) is 9.55 Å². The summed E-state index contributed by atoms with van der Waals surface area (Å²) in [7, 11) is 0. The molecular weight excluding hydrogens is 182 g/mol. The molecule has 5 heteroatoms. The summed E-state index contributed by atoms with van der Waals surface area (Å²) in [5.41, 5.74) is 0.514. The topological polar surface area (TPSA) is 61.0 Å². The maximum atomic E-state index is 10.8. The lowest BCUT2D eigenvalue weighted by Crippen LogP contribution is -2.06. The van der Waals surface area contributed by atoms with Crippen LogP contribution in [0, 0.1) is 17.0 Å². The number of nitro groups is 1. The Labute approximate surface area is 82.9 Å². The lowest BCUT2D eigenvalue weighted by molar-refractivity contribution is -0.392. The molecule has 0 amide bonds. The molecule has 0 aliphatic rings. The van der Waals surface area contributed by atoms with Gasteiger partial charge < -0.3 is 10.1 Å². The first kappa shape index (κ1) is 10.7. The molecule has 0 unspecified atom stereocenters. The van der Waals surface area contributed by atoms with Crippen LogP contribution < -0.4 is 0 Å². The van der Waals surface area contributed by atoms with Crippen molar-refractivity contribution in [3.05, 3.63) is 21.6 Å². The Morgan fingerprint density at radius 3 is 2.57 bits per heavy atom. The first-order chi connectivity index (χ1) is 6.61. The Balaban J connectivity index is 3.23. The van der Waals surface area contributed by atoms with Crippen LogP contribution in [0.2, 0.25) is 0 Å². The summed E-state index contributed by atoms with van der Waals surface area (Å²) in [6, 6.07) is 0. The Morgan fingerprint density at radius 2 is 2.14 bits per heavy atom. The summed E-state index contributed by atoms with van der Waals surface area (Å²) in [6.45, 7) is 6.31. The van der Waals surface area contributed by atoms with E-state index in [1.807, 2.05) is 13.8 Å². The summed E-state index contributed by atoms with van der Waals surface area (Å²) in [4.78, 5) is 14.6. The lowest BCUT2D eigenvalue weighted by Gasteiger charge is -2.01. The van der Waals surface area contributed by atoms with Gasteiger partial charge in [0, 0.05) is 6.42 Å². The summed E-state index contributed by atoms with van der Waals surface area (Å²) in [5.74, 6) is 0.944. The second kappa shape index (κ2) is 4.21. The van der Waals surface area contributed by atoms with Gasteiger partial charge in [-0.15, -0.1) is 0 Å². The Kier molecular flexibility index (Phi) is 3.22. The highest BCUT2D eigenvalue weighted by Gasteiger charge is 2.22. The molecule has 0 radical (unpaired) electrons. The average Bonchev–Trinajstić information content (AvgIpc) is 2.43. The van der Waals surface area contributed by atoms with Gasteiger partial charge >= 0.3 is 5.82 Å². The van der Waals surface area contributed by atoms with Gasteiger partial charge in [0.25, 0.3) is 0 Å². The van der Waals surface area contributed by atoms with E-state index in [0.717, 1.165) is 18.7 Å². The van der Waals surface area contributed by atoms with Gasteiger partial charge in [0.1, 0.15) is 5.69 Å². The van der Waals surface area contributed by atoms with E-state index >= 15 is 0 Å². The van der Waals surface area contributed by atoms with Crippen molar-refractivity contribution in [2.24, 2.45) is 0 Å². The molecule has 1 aromatic rings. The predicted octanol–water partition coefficient (Wildman–Crippen LogP) is 2.07. The first-order valence-corrected chi connectivity index (χ1v) is 4.82. The maximum Gasteiger partial charge on any atom is 0.345 e. The van der Waals surface area contributed by atoms with Gasteiger partial charge in [-0.25, -0.2) is 9.55 Å². The highest BCUT2D eigenvalue weighted by molar-refractivity contribution is 5.29. The number of hydrogen-bond donors (Lipinski definition) is 0. The number of aryl methyl sites for hydroxylation is 2. The fourth-order valence-electron chi connectivity index (χ4n) is 1.58. The predicted molar refractivity (Wildman–Crippen MR) is 53.3 cm³/mol. The third-order valence-electron chi connectivity index (χ3n) is 2.12. The molecule has 1 aromatic heterocycles. The zero-order chi connectivity index (χ0) is 10.7. The van der Waals surface area contributed by atoms with Gasteiger partial charge in [0.2, 0.25) is 0 Å². The zero-order valence-electron chi connectivity index (χ0n) is 8.78. The number of hydrogen-bond acceptors (Lipinski definition) is 3. The molecule has 0 aliphatic heterocycles. The highest BCUT2D eigenvalue weighted by atomic mass is 16.6. The molecule has 1 heterocycles. The third-order valence-corrected chi connectivity index (χ3v) is 2.12. The van der Waals surface area contributed by atoms with Gasteiger partial charge in [0.15, 0.2) is 5.82 Å². The molecule has 0 N–H and O–H groups in total. The van der Waals surface area contributed by atoms with Crippen molar-refractivity contribution in [1.29, 1.82) is 0 Å². The molecule has 0 bridgehead atoms. The van der Waals surface area contributed by atoms with Crippen LogP contribution in [0.15, 0.2) is 0 Å². The smallest absolute Gasteiger partial charge is 0.345 e. The summed E-state index contributed by atoms with van der Waals surface area (Å²) in [6.07, 6.45) is 1.61. The van der Waals surface area contributed by atoms with Crippen molar-refractivity contribution >= 4 is 5.82 Å². The molecule has 14 heavy (non-hydrogen) atoms. The van der Waals surface area contributed by atoms with Crippen LogP contribution in [-0.2, 0) is 13.0 Å². The molecule has 0 atom stereocenters. The maximum absolute atomic E-state index is 10.8. The van der Waals surface area contributed by atoms with Crippen molar-refractivity contribution < 1.29 is 4.92 Å². The summed E-state index contributed by atoms with van der Waals surface area (Å²) in [5, 5.41) is 10.8. The normalized spacial score (nSPS) is 10.5. The number of imidazole rings is 1. The standard InChI is InChI=1S/C9H15N3O2/c1-4-6-11-8(5-2)10-7(3)9(11)12(13)14/h4-6H2,1-3H3. The lowest BCUT2D eigenvalue weighted by atomic mass is 10.4.